The standard InChI is InChI=1S/C13H9F3O2S2/c14-9-2-1-3-11(8-9)19-10-4-6-12(7-5-10)20(17,18)13(15)16/h1-8,13H. The molecule has 2 rings (SSSR count). The molecule has 0 aliphatic heterocycles. The Morgan fingerprint density at radius 3 is 2.15 bits per heavy atom. The van der Waals surface area contributed by atoms with Crippen LogP contribution in [0.25, 0.3) is 0 Å². The minimum absolute atomic E-state index is 0.383. The van der Waals surface area contributed by atoms with Crippen LogP contribution in [0.4, 0.5) is 13.2 Å². The Kier molecular flexibility index (Phi) is 4.39. The summed E-state index contributed by atoms with van der Waals surface area (Å²) in [6.45, 7) is 0. The average molecular weight is 318 g/mol. The maximum absolute atomic E-state index is 13.0. The molecule has 0 unspecified atom stereocenters. The molecule has 0 aliphatic carbocycles. The fourth-order valence-electron chi connectivity index (χ4n) is 1.47. The zero-order valence-corrected chi connectivity index (χ0v) is 11.6. The Balaban J connectivity index is 2.21. The van der Waals surface area contributed by atoms with E-state index < -0.39 is 20.5 Å². The molecule has 7 heteroatoms. The lowest BCUT2D eigenvalue weighted by Crippen LogP contribution is -2.10. The van der Waals surface area contributed by atoms with Crippen LogP contribution in [0.2, 0.25) is 0 Å². The molecule has 106 valence electrons. The highest BCUT2D eigenvalue weighted by Crippen LogP contribution is 2.29. The van der Waals surface area contributed by atoms with Crippen molar-refractivity contribution < 1.29 is 21.6 Å². The fraction of sp³-hybridized carbons (Fsp3) is 0.0769. The molecular weight excluding hydrogens is 309 g/mol. The summed E-state index contributed by atoms with van der Waals surface area (Å²) in [5.74, 6) is -3.82. The lowest BCUT2D eigenvalue weighted by molar-refractivity contribution is 0.234. The molecule has 0 heterocycles. The van der Waals surface area contributed by atoms with E-state index in [4.69, 9.17) is 0 Å². The normalized spacial score (nSPS) is 11.8. The first-order valence-corrected chi connectivity index (χ1v) is 7.81. The van der Waals surface area contributed by atoms with Crippen LogP contribution < -0.4 is 0 Å². The molecule has 2 nitrogen and oxygen atoms in total. The Morgan fingerprint density at radius 2 is 1.60 bits per heavy atom. The van der Waals surface area contributed by atoms with E-state index in [0.29, 0.717) is 9.79 Å². The van der Waals surface area contributed by atoms with E-state index in [1.54, 1.807) is 12.1 Å². The number of halogens is 3. The summed E-state index contributed by atoms with van der Waals surface area (Å²) in [5, 5.41) is 0. The van der Waals surface area contributed by atoms with Crippen LogP contribution in [-0.4, -0.2) is 14.2 Å². The van der Waals surface area contributed by atoms with Crippen LogP contribution in [0, 0.1) is 5.82 Å². The van der Waals surface area contributed by atoms with Crippen molar-refractivity contribution >= 4 is 21.6 Å². The van der Waals surface area contributed by atoms with Gasteiger partial charge in [-0.3, -0.25) is 0 Å². The lowest BCUT2D eigenvalue weighted by Gasteiger charge is -2.05. The summed E-state index contributed by atoms with van der Waals surface area (Å²) < 4.78 is 60.2. The summed E-state index contributed by atoms with van der Waals surface area (Å²) in [6.07, 6.45) is 0. The van der Waals surface area contributed by atoms with Gasteiger partial charge in [-0.1, -0.05) is 17.8 Å². The van der Waals surface area contributed by atoms with Gasteiger partial charge in [0.2, 0.25) is 9.84 Å². The van der Waals surface area contributed by atoms with Gasteiger partial charge in [-0.2, -0.15) is 8.78 Å². The molecule has 20 heavy (non-hydrogen) atoms. The molecule has 0 amide bonds. The number of hydrogen-bond acceptors (Lipinski definition) is 3. The van der Waals surface area contributed by atoms with Crippen molar-refractivity contribution in [3.05, 3.63) is 54.3 Å². The van der Waals surface area contributed by atoms with Gasteiger partial charge in [0.05, 0.1) is 4.90 Å². The van der Waals surface area contributed by atoms with Crippen LogP contribution in [0.1, 0.15) is 0 Å². The topological polar surface area (TPSA) is 34.1 Å². The van der Waals surface area contributed by atoms with E-state index in [1.807, 2.05) is 0 Å². The molecule has 0 N–H and O–H groups in total. The number of hydrogen-bond donors (Lipinski definition) is 0. The van der Waals surface area contributed by atoms with E-state index in [0.717, 1.165) is 12.1 Å². The SMILES string of the molecule is O=S(=O)(c1ccc(Sc2cccc(F)c2)cc1)C(F)F. The molecule has 0 aromatic heterocycles. The monoisotopic (exact) mass is 318 g/mol. The second-order valence-corrected chi connectivity index (χ2v) is 6.90. The van der Waals surface area contributed by atoms with Crippen molar-refractivity contribution in [1.29, 1.82) is 0 Å². The number of sulfone groups is 1. The van der Waals surface area contributed by atoms with Crippen molar-refractivity contribution in [3.63, 3.8) is 0 Å². The van der Waals surface area contributed by atoms with Gasteiger partial charge in [0.25, 0.3) is 0 Å². The molecule has 0 bridgehead atoms. The van der Waals surface area contributed by atoms with Crippen LogP contribution in [-0.2, 0) is 9.84 Å². The number of rotatable bonds is 4. The molecule has 0 saturated carbocycles. The van der Waals surface area contributed by atoms with E-state index in [-0.39, 0.29) is 5.82 Å². The Labute approximate surface area is 118 Å². The van der Waals surface area contributed by atoms with Gasteiger partial charge < -0.3 is 0 Å². The zero-order valence-electron chi connectivity index (χ0n) is 9.96. The first-order chi connectivity index (χ1) is 9.39. The van der Waals surface area contributed by atoms with Gasteiger partial charge in [0, 0.05) is 9.79 Å². The molecule has 0 atom stereocenters. The van der Waals surface area contributed by atoms with Crippen LogP contribution in [0.3, 0.4) is 0 Å². The predicted molar refractivity (Wildman–Crippen MR) is 70.2 cm³/mol. The van der Waals surface area contributed by atoms with Gasteiger partial charge in [-0.05, 0) is 42.5 Å². The third-order valence-electron chi connectivity index (χ3n) is 2.42. The summed E-state index contributed by atoms with van der Waals surface area (Å²) in [4.78, 5) is 0.828. The van der Waals surface area contributed by atoms with Gasteiger partial charge >= 0.3 is 5.76 Å². The highest BCUT2D eigenvalue weighted by Gasteiger charge is 2.26. The van der Waals surface area contributed by atoms with Crippen molar-refractivity contribution in [2.45, 2.75) is 20.4 Å². The number of benzene rings is 2. The highest BCUT2D eigenvalue weighted by atomic mass is 32.2. The second kappa shape index (κ2) is 5.88. The van der Waals surface area contributed by atoms with Crippen LogP contribution >= 0.6 is 11.8 Å². The fourth-order valence-corrected chi connectivity index (χ4v) is 3.05. The smallest absolute Gasteiger partial charge is 0.218 e. The summed E-state index contributed by atoms with van der Waals surface area (Å²) >= 11 is 1.21. The van der Waals surface area contributed by atoms with E-state index in [9.17, 15) is 21.6 Å². The van der Waals surface area contributed by atoms with E-state index in [2.05, 4.69) is 0 Å². The maximum atomic E-state index is 13.0. The van der Waals surface area contributed by atoms with Gasteiger partial charge in [0.1, 0.15) is 5.82 Å². The van der Waals surface area contributed by atoms with Crippen molar-refractivity contribution in [2.24, 2.45) is 0 Å². The second-order valence-electron chi connectivity index (χ2n) is 3.84. The minimum atomic E-state index is -4.58. The Hall–Kier alpha value is -1.47. The highest BCUT2D eigenvalue weighted by molar-refractivity contribution is 7.99. The molecule has 0 fully saturated rings. The molecule has 2 aromatic rings. The maximum Gasteiger partial charge on any atom is 0.341 e. The largest absolute Gasteiger partial charge is 0.341 e. The third-order valence-corrected chi connectivity index (χ3v) is 4.81. The number of alkyl halides is 2. The Bertz CT molecular complexity index is 698. The predicted octanol–water partition coefficient (Wildman–Crippen LogP) is 3.97. The quantitative estimate of drug-likeness (QED) is 0.855. The van der Waals surface area contributed by atoms with Crippen LogP contribution in [0.5, 0.6) is 0 Å². The minimum Gasteiger partial charge on any atom is -0.218 e. The molecule has 0 aliphatic rings. The average Bonchev–Trinajstić information content (AvgIpc) is 2.39. The van der Waals surface area contributed by atoms with Gasteiger partial charge in [-0.25, -0.2) is 12.8 Å². The van der Waals surface area contributed by atoms with E-state index >= 15 is 0 Å². The molecule has 0 saturated heterocycles. The van der Waals surface area contributed by atoms with Gasteiger partial charge in [0.15, 0.2) is 0 Å². The third kappa shape index (κ3) is 3.34. The molecule has 0 radical (unpaired) electrons. The van der Waals surface area contributed by atoms with Crippen molar-refractivity contribution in [3.8, 4) is 0 Å². The molecule has 2 aromatic carbocycles. The van der Waals surface area contributed by atoms with Crippen LogP contribution in [0.15, 0.2) is 63.2 Å². The summed E-state index contributed by atoms with van der Waals surface area (Å²) in [5.41, 5.74) is 0. The summed E-state index contributed by atoms with van der Waals surface area (Å²) in [7, 11) is -4.58. The molecular formula is C13H9F3O2S2. The van der Waals surface area contributed by atoms with Gasteiger partial charge in [-0.15, -0.1) is 0 Å². The van der Waals surface area contributed by atoms with Crippen molar-refractivity contribution in [1.82, 2.24) is 0 Å². The lowest BCUT2D eigenvalue weighted by atomic mass is 10.3. The first-order valence-electron chi connectivity index (χ1n) is 5.45. The molecule has 0 spiro atoms. The van der Waals surface area contributed by atoms with E-state index in [1.165, 1.54) is 36.0 Å². The first kappa shape index (κ1) is 14.9. The zero-order chi connectivity index (χ0) is 14.8. The Morgan fingerprint density at radius 1 is 0.950 bits per heavy atom. The van der Waals surface area contributed by atoms with Crippen molar-refractivity contribution in [2.75, 3.05) is 0 Å². The summed E-state index contributed by atoms with van der Waals surface area (Å²) in [6, 6.07) is 10.9.